The Kier molecular flexibility index (Phi) is 8.25. The second-order valence-electron chi connectivity index (χ2n) is 9.24. The highest BCUT2D eigenvalue weighted by atomic mass is 32.2. The molecular weight excluding hydrogens is 466 g/mol. The first kappa shape index (κ1) is 25.4. The lowest BCUT2D eigenvalue weighted by atomic mass is 9.92. The molecule has 2 aliphatic heterocycles. The smallest absolute Gasteiger partial charge is 0.252 e. The summed E-state index contributed by atoms with van der Waals surface area (Å²) < 4.78 is 31.2. The standard InChI is InChI=1S/C25H35N5O4S/c1-2-35(32,33)30-11-7-18(8-12-30)16-27-23-15-24(28-17-22(23)25(26)31)29-21-5-3-19(4-6-21)20-9-13-34-14-10-20/h3-6,15,17-18,20H,2,7-14,16H2,1H3,(H2,26,31)(H2,27,28,29). The van der Waals surface area contributed by atoms with Crippen LogP contribution in [-0.2, 0) is 14.8 Å². The van der Waals surface area contributed by atoms with Crippen LogP contribution in [0.2, 0.25) is 0 Å². The first-order valence-electron chi connectivity index (χ1n) is 12.3. The molecule has 0 aliphatic carbocycles. The van der Waals surface area contributed by atoms with Crippen molar-refractivity contribution >= 4 is 33.1 Å². The summed E-state index contributed by atoms with van der Waals surface area (Å²) in [6.07, 6.45) is 5.12. The lowest BCUT2D eigenvalue weighted by Crippen LogP contribution is -2.40. The number of piperidine rings is 1. The molecule has 35 heavy (non-hydrogen) atoms. The number of rotatable bonds is 9. The second kappa shape index (κ2) is 11.4. The number of nitrogens with one attached hydrogen (secondary N) is 2. The van der Waals surface area contributed by atoms with E-state index in [2.05, 4.69) is 27.8 Å². The zero-order valence-corrected chi connectivity index (χ0v) is 21.0. The Labute approximate surface area is 207 Å². The van der Waals surface area contributed by atoms with Gasteiger partial charge in [-0.05, 0) is 62.1 Å². The van der Waals surface area contributed by atoms with Gasteiger partial charge in [-0.15, -0.1) is 0 Å². The molecule has 2 saturated heterocycles. The van der Waals surface area contributed by atoms with Gasteiger partial charge in [0.25, 0.3) is 5.91 Å². The number of carbonyl (C=O) groups is 1. The first-order chi connectivity index (χ1) is 16.9. The molecule has 0 atom stereocenters. The number of amides is 1. The van der Waals surface area contributed by atoms with Gasteiger partial charge in [-0.25, -0.2) is 17.7 Å². The molecule has 190 valence electrons. The molecule has 9 nitrogen and oxygen atoms in total. The van der Waals surface area contributed by atoms with Crippen molar-refractivity contribution in [2.75, 3.05) is 49.2 Å². The van der Waals surface area contributed by atoms with Crippen LogP contribution in [0.25, 0.3) is 0 Å². The number of hydrogen-bond donors (Lipinski definition) is 3. The van der Waals surface area contributed by atoms with E-state index in [0.717, 1.165) is 44.6 Å². The molecule has 4 N–H and O–H groups in total. The van der Waals surface area contributed by atoms with Crippen molar-refractivity contribution in [1.82, 2.24) is 9.29 Å². The monoisotopic (exact) mass is 501 g/mol. The molecule has 1 aromatic carbocycles. The number of benzene rings is 1. The number of primary amides is 1. The Morgan fingerprint density at radius 3 is 2.46 bits per heavy atom. The maximum Gasteiger partial charge on any atom is 0.252 e. The van der Waals surface area contributed by atoms with E-state index in [1.54, 1.807) is 17.3 Å². The Morgan fingerprint density at radius 2 is 1.83 bits per heavy atom. The van der Waals surface area contributed by atoms with Crippen LogP contribution in [0.5, 0.6) is 0 Å². The van der Waals surface area contributed by atoms with E-state index in [0.29, 0.717) is 48.5 Å². The summed E-state index contributed by atoms with van der Waals surface area (Å²) in [5.74, 6) is 1.04. The summed E-state index contributed by atoms with van der Waals surface area (Å²) in [6, 6.07) is 10.2. The normalized spacial score (nSPS) is 18.3. The third-order valence-corrected chi connectivity index (χ3v) is 8.84. The minimum atomic E-state index is -3.14. The van der Waals surface area contributed by atoms with Crippen molar-refractivity contribution in [3.63, 3.8) is 0 Å². The lowest BCUT2D eigenvalue weighted by Gasteiger charge is -2.31. The average molecular weight is 502 g/mol. The van der Waals surface area contributed by atoms with Gasteiger partial charge in [0.05, 0.1) is 17.0 Å². The van der Waals surface area contributed by atoms with E-state index < -0.39 is 15.9 Å². The number of anilines is 3. The van der Waals surface area contributed by atoms with Gasteiger partial charge in [0.1, 0.15) is 5.82 Å². The highest BCUT2D eigenvalue weighted by molar-refractivity contribution is 7.89. The van der Waals surface area contributed by atoms with Gasteiger partial charge in [0, 0.05) is 50.8 Å². The molecule has 0 saturated carbocycles. The molecule has 2 fully saturated rings. The summed E-state index contributed by atoms with van der Waals surface area (Å²) in [5.41, 5.74) is 8.75. The van der Waals surface area contributed by atoms with Crippen LogP contribution in [0.1, 0.15) is 54.4 Å². The highest BCUT2D eigenvalue weighted by Crippen LogP contribution is 2.29. The van der Waals surface area contributed by atoms with Crippen molar-refractivity contribution < 1.29 is 17.9 Å². The maximum atomic E-state index is 12.1. The SMILES string of the molecule is CCS(=O)(=O)N1CCC(CNc2cc(Nc3ccc(C4CCOCC4)cc3)ncc2C(N)=O)CC1. The number of carbonyl (C=O) groups excluding carboxylic acids is 1. The summed E-state index contributed by atoms with van der Waals surface area (Å²) in [7, 11) is -3.14. The van der Waals surface area contributed by atoms with Crippen LogP contribution < -0.4 is 16.4 Å². The fourth-order valence-electron chi connectivity index (χ4n) is 4.71. The van der Waals surface area contributed by atoms with Crippen molar-refractivity contribution in [2.24, 2.45) is 11.7 Å². The number of hydrogen-bond acceptors (Lipinski definition) is 7. The number of sulfonamides is 1. The fourth-order valence-corrected chi connectivity index (χ4v) is 5.84. The Morgan fingerprint density at radius 1 is 1.14 bits per heavy atom. The molecule has 0 radical (unpaired) electrons. The molecule has 2 aromatic rings. The van der Waals surface area contributed by atoms with Crippen LogP contribution in [0, 0.1) is 5.92 Å². The molecule has 1 aromatic heterocycles. The Bertz CT molecular complexity index is 1110. The molecule has 0 unspecified atom stereocenters. The van der Waals surface area contributed by atoms with E-state index in [1.807, 2.05) is 12.1 Å². The highest BCUT2D eigenvalue weighted by Gasteiger charge is 2.26. The average Bonchev–Trinajstić information content (AvgIpc) is 2.88. The predicted molar refractivity (Wildman–Crippen MR) is 138 cm³/mol. The number of pyridine rings is 1. The largest absolute Gasteiger partial charge is 0.384 e. The van der Waals surface area contributed by atoms with E-state index in [1.165, 1.54) is 11.8 Å². The molecular formula is C25H35N5O4S. The molecule has 10 heteroatoms. The van der Waals surface area contributed by atoms with Gasteiger partial charge < -0.3 is 21.1 Å². The summed E-state index contributed by atoms with van der Waals surface area (Å²) in [5, 5.41) is 6.66. The Balaban J connectivity index is 1.38. The molecule has 3 heterocycles. The summed E-state index contributed by atoms with van der Waals surface area (Å²) in [6.45, 7) is 4.98. The van der Waals surface area contributed by atoms with Crippen LogP contribution in [0.3, 0.4) is 0 Å². The number of nitrogens with zero attached hydrogens (tertiary/aromatic N) is 2. The maximum absolute atomic E-state index is 12.1. The van der Waals surface area contributed by atoms with Crippen molar-refractivity contribution in [2.45, 2.75) is 38.5 Å². The molecule has 1 amide bonds. The number of ether oxygens (including phenoxy) is 1. The third-order valence-electron chi connectivity index (χ3n) is 6.96. The van der Waals surface area contributed by atoms with Gasteiger partial charge in [-0.2, -0.15) is 0 Å². The summed E-state index contributed by atoms with van der Waals surface area (Å²) in [4.78, 5) is 16.3. The van der Waals surface area contributed by atoms with Gasteiger partial charge >= 0.3 is 0 Å². The van der Waals surface area contributed by atoms with Crippen molar-refractivity contribution in [1.29, 1.82) is 0 Å². The van der Waals surface area contributed by atoms with Crippen LogP contribution in [-0.4, -0.2) is 62.2 Å². The fraction of sp³-hybridized carbons (Fsp3) is 0.520. The third kappa shape index (κ3) is 6.50. The number of nitrogens with two attached hydrogens (primary N) is 1. The lowest BCUT2D eigenvalue weighted by molar-refractivity contribution is 0.0853. The van der Waals surface area contributed by atoms with Crippen molar-refractivity contribution in [3.8, 4) is 0 Å². The molecule has 4 rings (SSSR count). The van der Waals surface area contributed by atoms with Crippen LogP contribution in [0.4, 0.5) is 17.2 Å². The Hall–Kier alpha value is -2.69. The van der Waals surface area contributed by atoms with E-state index in [9.17, 15) is 13.2 Å². The summed E-state index contributed by atoms with van der Waals surface area (Å²) >= 11 is 0. The van der Waals surface area contributed by atoms with Gasteiger partial charge in [0.15, 0.2) is 0 Å². The second-order valence-corrected chi connectivity index (χ2v) is 11.5. The minimum absolute atomic E-state index is 0.128. The van der Waals surface area contributed by atoms with E-state index >= 15 is 0 Å². The van der Waals surface area contributed by atoms with E-state index in [-0.39, 0.29) is 5.75 Å². The zero-order valence-electron chi connectivity index (χ0n) is 20.2. The van der Waals surface area contributed by atoms with Crippen LogP contribution >= 0.6 is 0 Å². The van der Waals surface area contributed by atoms with Crippen LogP contribution in [0.15, 0.2) is 36.5 Å². The zero-order chi connectivity index (χ0) is 24.8. The topological polar surface area (TPSA) is 127 Å². The molecule has 2 aliphatic rings. The first-order valence-corrected chi connectivity index (χ1v) is 13.9. The number of aromatic nitrogens is 1. The van der Waals surface area contributed by atoms with Gasteiger partial charge in [0.2, 0.25) is 10.0 Å². The van der Waals surface area contributed by atoms with E-state index in [4.69, 9.17) is 10.5 Å². The molecule has 0 bridgehead atoms. The van der Waals surface area contributed by atoms with Crippen molar-refractivity contribution in [3.05, 3.63) is 47.7 Å². The quantitative estimate of drug-likeness (QED) is 0.481. The molecule has 0 spiro atoms. The van der Waals surface area contributed by atoms with Gasteiger partial charge in [-0.1, -0.05) is 12.1 Å². The predicted octanol–water partition coefficient (Wildman–Crippen LogP) is 3.29. The minimum Gasteiger partial charge on any atom is -0.384 e. The van der Waals surface area contributed by atoms with Gasteiger partial charge in [-0.3, -0.25) is 4.79 Å².